The zero-order valence-electron chi connectivity index (χ0n) is 11.5. The molecular formula is C14H14F3NO3S. The minimum absolute atomic E-state index is 0.0181. The Kier molecular flexibility index (Phi) is 3.47. The lowest BCUT2D eigenvalue weighted by molar-refractivity contribution is -0.136. The summed E-state index contributed by atoms with van der Waals surface area (Å²) in [5.74, 6) is -1.46. The molecule has 120 valence electrons. The molecule has 1 aromatic carbocycles. The highest BCUT2D eigenvalue weighted by Gasteiger charge is 2.44. The highest BCUT2D eigenvalue weighted by molar-refractivity contribution is 7.91. The Hall–Kier alpha value is -1.57. The van der Waals surface area contributed by atoms with Crippen LogP contribution in [0.2, 0.25) is 0 Å². The van der Waals surface area contributed by atoms with Crippen LogP contribution in [0.15, 0.2) is 18.2 Å². The maximum atomic E-state index is 13.0. The van der Waals surface area contributed by atoms with Crippen LogP contribution in [-0.4, -0.2) is 25.8 Å². The molecular weight excluding hydrogens is 319 g/mol. The quantitative estimate of drug-likeness (QED) is 0.859. The van der Waals surface area contributed by atoms with Gasteiger partial charge in [0.15, 0.2) is 0 Å². The number of amides is 1. The molecule has 0 radical (unpaired) electrons. The molecule has 0 aromatic heterocycles. The molecule has 1 amide bonds. The van der Waals surface area contributed by atoms with Gasteiger partial charge in [-0.1, -0.05) is 12.1 Å². The van der Waals surface area contributed by atoms with Crippen molar-refractivity contribution >= 4 is 21.4 Å². The van der Waals surface area contributed by atoms with Crippen LogP contribution < -0.4 is 5.32 Å². The summed E-state index contributed by atoms with van der Waals surface area (Å²) < 4.78 is 62.0. The number of para-hydroxylation sites is 1. The first-order chi connectivity index (χ1) is 10.2. The predicted molar refractivity (Wildman–Crippen MR) is 74.2 cm³/mol. The van der Waals surface area contributed by atoms with Gasteiger partial charge < -0.3 is 5.32 Å². The van der Waals surface area contributed by atoms with Crippen LogP contribution >= 0.6 is 0 Å². The van der Waals surface area contributed by atoms with E-state index >= 15 is 0 Å². The molecule has 1 atom stereocenters. The monoisotopic (exact) mass is 333 g/mol. The van der Waals surface area contributed by atoms with Gasteiger partial charge in [-0.25, -0.2) is 8.42 Å². The fourth-order valence-corrected chi connectivity index (χ4v) is 4.78. The van der Waals surface area contributed by atoms with Gasteiger partial charge in [-0.15, -0.1) is 0 Å². The van der Waals surface area contributed by atoms with E-state index in [1.807, 2.05) is 0 Å². The van der Waals surface area contributed by atoms with E-state index in [0.29, 0.717) is 18.4 Å². The molecule has 0 aliphatic carbocycles. The van der Waals surface area contributed by atoms with Gasteiger partial charge in [-0.2, -0.15) is 13.2 Å². The van der Waals surface area contributed by atoms with Gasteiger partial charge in [0, 0.05) is 0 Å². The maximum Gasteiger partial charge on any atom is 0.418 e. The summed E-state index contributed by atoms with van der Waals surface area (Å²) >= 11 is 0. The molecule has 0 spiro atoms. The predicted octanol–water partition coefficient (Wildman–Crippen LogP) is 2.57. The second-order valence-corrected chi connectivity index (χ2v) is 8.03. The summed E-state index contributed by atoms with van der Waals surface area (Å²) in [5.41, 5.74) is -0.716. The number of halogens is 3. The van der Waals surface area contributed by atoms with Gasteiger partial charge in [0.1, 0.15) is 9.84 Å². The molecule has 2 aliphatic rings. The minimum atomic E-state index is -4.54. The van der Waals surface area contributed by atoms with E-state index in [4.69, 9.17) is 0 Å². The van der Waals surface area contributed by atoms with E-state index in [9.17, 15) is 26.4 Å². The molecule has 1 unspecified atom stereocenters. The van der Waals surface area contributed by atoms with Crippen LogP contribution in [0, 0.1) is 5.92 Å². The van der Waals surface area contributed by atoms with Gasteiger partial charge in [0.2, 0.25) is 5.91 Å². The molecule has 22 heavy (non-hydrogen) atoms. The average molecular weight is 333 g/mol. The van der Waals surface area contributed by atoms with E-state index in [2.05, 4.69) is 5.32 Å². The maximum absolute atomic E-state index is 13.0. The van der Waals surface area contributed by atoms with E-state index in [1.165, 1.54) is 12.1 Å². The minimum Gasteiger partial charge on any atom is -0.325 e. The number of nitrogens with one attached hydrogen (secondary N) is 1. The highest BCUT2D eigenvalue weighted by atomic mass is 32.2. The Labute approximate surface area is 125 Å². The van der Waals surface area contributed by atoms with Crippen LogP contribution in [0.5, 0.6) is 0 Å². The second-order valence-electron chi connectivity index (χ2n) is 5.72. The summed E-state index contributed by atoms with van der Waals surface area (Å²) in [6.45, 7) is 0. The first kappa shape index (κ1) is 15.3. The third kappa shape index (κ3) is 2.60. The highest BCUT2D eigenvalue weighted by Crippen LogP contribution is 2.46. The molecule has 1 aromatic rings. The Morgan fingerprint density at radius 3 is 2.36 bits per heavy atom. The van der Waals surface area contributed by atoms with Crippen molar-refractivity contribution in [1.82, 2.24) is 0 Å². The van der Waals surface area contributed by atoms with Gasteiger partial charge in [-0.05, 0) is 30.4 Å². The molecule has 1 saturated heterocycles. The number of fused-ring (bicyclic) bond motifs is 1. The number of hydrogen-bond donors (Lipinski definition) is 1. The number of carbonyl (C=O) groups is 1. The Morgan fingerprint density at radius 1 is 1.14 bits per heavy atom. The number of alkyl halides is 3. The molecule has 0 saturated carbocycles. The summed E-state index contributed by atoms with van der Waals surface area (Å²) in [7, 11) is -3.08. The van der Waals surface area contributed by atoms with E-state index in [0.717, 1.165) is 6.07 Å². The van der Waals surface area contributed by atoms with Gasteiger partial charge >= 0.3 is 6.18 Å². The molecule has 1 N–H and O–H groups in total. The molecule has 4 nitrogen and oxygen atoms in total. The number of hydrogen-bond acceptors (Lipinski definition) is 3. The summed E-state index contributed by atoms with van der Waals surface area (Å²) in [4.78, 5) is 12.1. The van der Waals surface area contributed by atoms with Gasteiger partial charge in [0.25, 0.3) is 0 Å². The normalized spacial score (nSPS) is 24.9. The van der Waals surface area contributed by atoms with Crippen LogP contribution in [0.25, 0.3) is 0 Å². The SMILES string of the molecule is O=C1Nc2c(cccc2C(F)(F)F)C1C1CCS(=O)(=O)CC1. The first-order valence-electron chi connectivity index (χ1n) is 6.90. The third-order valence-electron chi connectivity index (χ3n) is 4.34. The van der Waals surface area contributed by atoms with Crippen LogP contribution in [0.4, 0.5) is 18.9 Å². The standard InChI is InChI=1S/C14H14F3NO3S/c15-14(16,17)10-3-1-2-9-11(13(19)18-12(9)10)8-4-6-22(20,21)7-5-8/h1-3,8,11H,4-7H2,(H,18,19). The van der Waals surface area contributed by atoms with Crippen molar-refractivity contribution in [3.63, 3.8) is 0 Å². The number of sulfone groups is 1. The number of carbonyl (C=O) groups excluding carboxylic acids is 1. The largest absolute Gasteiger partial charge is 0.418 e. The molecule has 2 heterocycles. The average Bonchev–Trinajstić information content (AvgIpc) is 2.73. The number of rotatable bonds is 1. The summed E-state index contributed by atoms with van der Waals surface area (Å²) in [6, 6.07) is 3.73. The molecule has 8 heteroatoms. The zero-order valence-corrected chi connectivity index (χ0v) is 12.3. The molecule has 3 rings (SSSR count). The number of anilines is 1. The van der Waals surface area contributed by atoms with E-state index in [-0.39, 0.29) is 23.1 Å². The Morgan fingerprint density at radius 2 is 1.77 bits per heavy atom. The van der Waals surface area contributed by atoms with Crippen molar-refractivity contribution in [2.24, 2.45) is 5.92 Å². The Balaban J connectivity index is 1.96. The zero-order chi connectivity index (χ0) is 16.1. The van der Waals surface area contributed by atoms with Crippen molar-refractivity contribution in [2.75, 3.05) is 16.8 Å². The van der Waals surface area contributed by atoms with Crippen molar-refractivity contribution < 1.29 is 26.4 Å². The fourth-order valence-electron chi connectivity index (χ4n) is 3.26. The third-order valence-corrected chi connectivity index (χ3v) is 6.05. The smallest absolute Gasteiger partial charge is 0.325 e. The second kappa shape index (κ2) is 4.97. The van der Waals surface area contributed by atoms with Crippen molar-refractivity contribution in [3.8, 4) is 0 Å². The van der Waals surface area contributed by atoms with E-state index < -0.39 is 33.4 Å². The fraction of sp³-hybridized carbons (Fsp3) is 0.500. The lowest BCUT2D eigenvalue weighted by Crippen LogP contribution is -2.30. The molecule has 1 fully saturated rings. The lowest BCUT2D eigenvalue weighted by atomic mass is 9.83. The van der Waals surface area contributed by atoms with Gasteiger partial charge in [-0.3, -0.25) is 4.79 Å². The van der Waals surface area contributed by atoms with Crippen LogP contribution in [0.1, 0.15) is 29.9 Å². The van der Waals surface area contributed by atoms with E-state index in [1.54, 1.807) is 0 Å². The topological polar surface area (TPSA) is 63.2 Å². The van der Waals surface area contributed by atoms with Gasteiger partial charge in [0.05, 0.1) is 28.7 Å². The van der Waals surface area contributed by atoms with Crippen LogP contribution in [-0.2, 0) is 20.8 Å². The van der Waals surface area contributed by atoms with Crippen molar-refractivity contribution in [1.29, 1.82) is 0 Å². The van der Waals surface area contributed by atoms with Crippen LogP contribution in [0.3, 0.4) is 0 Å². The summed E-state index contributed by atoms with van der Waals surface area (Å²) in [6.07, 6.45) is -3.93. The van der Waals surface area contributed by atoms with Crippen molar-refractivity contribution in [3.05, 3.63) is 29.3 Å². The first-order valence-corrected chi connectivity index (χ1v) is 8.72. The summed E-state index contributed by atoms with van der Waals surface area (Å²) in [5, 5.41) is 2.33. The molecule has 0 bridgehead atoms. The number of benzene rings is 1. The Bertz CT molecular complexity index is 713. The molecule has 2 aliphatic heterocycles. The van der Waals surface area contributed by atoms with Crippen molar-refractivity contribution in [2.45, 2.75) is 24.9 Å². The lowest BCUT2D eigenvalue weighted by Gasteiger charge is -2.26.